The van der Waals surface area contributed by atoms with Crippen LogP contribution in [0.5, 0.6) is 0 Å². The van der Waals surface area contributed by atoms with Crippen molar-refractivity contribution in [2.24, 2.45) is 0 Å². The molecular formula is C6H11O4. The van der Waals surface area contributed by atoms with E-state index in [2.05, 4.69) is 0 Å². The molecule has 1 radical (unpaired) electrons. The van der Waals surface area contributed by atoms with E-state index in [-0.39, 0.29) is 32.0 Å². The summed E-state index contributed by atoms with van der Waals surface area (Å²) in [7, 11) is 0. The van der Waals surface area contributed by atoms with Crippen LogP contribution in [0.4, 0.5) is 0 Å². The second kappa shape index (κ2) is 5.20. The van der Waals surface area contributed by atoms with E-state index in [1.165, 1.54) is 0 Å². The van der Waals surface area contributed by atoms with Crippen molar-refractivity contribution >= 4 is 5.97 Å². The molecule has 0 aromatic rings. The van der Waals surface area contributed by atoms with Gasteiger partial charge in [-0.1, -0.05) is 0 Å². The van der Waals surface area contributed by atoms with Crippen LogP contribution in [0.3, 0.4) is 0 Å². The Morgan fingerprint density at radius 3 is 1.70 bits per heavy atom. The zero-order valence-electron chi connectivity index (χ0n) is 5.58. The minimum atomic E-state index is -1.04. The Kier molecular flexibility index (Phi) is 4.88. The number of carboxylic acids is 1. The van der Waals surface area contributed by atoms with Gasteiger partial charge in [-0.25, -0.2) is 0 Å². The number of hydrogen-bond acceptors (Lipinski definition) is 3. The highest BCUT2D eigenvalue weighted by molar-refractivity contribution is 5.82. The van der Waals surface area contributed by atoms with Crippen molar-refractivity contribution in [2.45, 2.75) is 12.8 Å². The average Bonchev–Trinajstić information content (AvgIpc) is 1.87. The van der Waals surface area contributed by atoms with E-state index in [4.69, 9.17) is 15.3 Å². The molecule has 0 heterocycles. The number of carbonyl (C=O) groups is 1. The van der Waals surface area contributed by atoms with E-state index >= 15 is 0 Å². The lowest BCUT2D eigenvalue weighted by atomic mass is 10.0. The van der Waals surface area contributed by atoms with Gasteiger partial charge in [0, 0.05) is 13.2 Å². The molecule has 4 heteroatoms. The number of rotatable bonds is 5. The van der Waals surface area contributed by atoms with Gasteiger partial charge in [0.05, 0.1) is 5.92 Å². The van der Waals surface area contributed by atoms with Gasteiger partial charge in [-0.15, -0.1) is 0 Å². The highest BCUT2D eigenvalue weighted by Gasteiger charge is 2.16. The number of aliphatic hydroxyl groups is 2. The van der Waals surface area contributed by atoms with E-state index < -0.39 is 5.97 Å². The molecule has 0 aliphatic heterocycles. The molecule has 0 amide bonds. The van der Waals surface area contributed by atoms with Crippen LogP contribution in [-0.4, -0.2) is 34.5 Å². The molecule has 0 aliphatic rings. The molecule has 0 aromatic carbocycles. The van der Waals surface area contributed by atoms with Crippen LogP contribution in [0.15, 0.2) is 0 Å². The average molecular weight is 147 g/mol. The molecule has 0 saturated carbocycles. The van der Waals surface area contributed by atoms with Crippen molar-refractivity contribution in [3.05, 3.63) is 5.92 Å². The lowest BCUT2D eigenvalue weighted by molar-refractivity contribution is -0.135. The Morgan fingerprint density at radius 2 is 1.50 bits per heavy atom. The van der Waals surface area contributed by atoms with Crippen molar-refractivity contribution < 1.29 is 20.1 Å². The summed E-state index contributed by atoms with van der Waals surface area (Å²) in [6.45, 7) is -0.358. The van der Waals surface area contributed by atoms with Crippen LogP contribution in [0.1, 0.15) is 12.8 Å². The van der Waals surface area contributed by atoms with Crippen LogP contribution >= 0.6 is 0 Å². The van der Waals surface area contributed by atoms with Gasteiger partial charge in [0.15, 0.2) is 0 Å². The highest BCUT2D eigenvalue weighted by Crippen LogP contribution is 2.09. The predicted molar refractivity (Wildman–Crippen MR) is 34.3 cm³/mol. The topological polar surface area (TPSA) is 77.8 Å². The molecule has 0 rings (SSSR count). The monoisotopic (exact) mass is 147 g/mol. The van der Waals surface area contributed by atoms with Crippen LogP contribution in [0.25, 0.3) is 0 Å². The summed E-state index contributed by atoms with van der Waals surface area (Å²) in [5.74, 6) is -0.867. The lowest BCUT2D eigenvalue weighted by Gasteiger charge is -2.05. The number of aliphatic carboxylic acids is 1. The quantitative estimate of drug-likeness (QED) is 0.485. The number of carboxylic acid groups (broad SMARTS) is 1. The normalized spacial score (nSPS) is 10.3. The molecule has 0 fully saturated rings. The Labute approximate surface area is 59.1 Å². The standard InChI is InChI=1S/C6H11O4/c7-3-1-5(2-4-8)6(9)10/h7-8H,1-4H2,(H,9,10). The van der Waals surface area contributed by atoms with Crippen LogP contribution in [0, 0.1) is 5.92 Å². The molecule has 10 heavy (non-hydrogen) atoms. The maximum atomic E-state index is 10.2. The van der Waals surface area contributed by atoms with Crippen molar-refractivity contribution in [1.82, 2.24) is 0 Å². The Morgan fingerprint density at radius 1 is 1.10 bits per heavy atom. The fourth-order valence-electron chi connectivity index (χ4n) is 0.609. The summed E-state index contributed by atoms with van der Waals surface area (Å²) in [5, 5.41) is 25.1. The molecule has 0 saturated heterocycles. The Balaban J connectivity index is 3.61. The third-order valence-electron chi connectivity index (χ3n) is 1.13. The SMILES string of the molecule is O=C(O)[C](CCO)CCO. The largest absolute Gasteiger partial charge is 0.481 e. The fraction of sp³-hybridized carbons (Fsp3) is 0.667. The molecule has 3 N–H and O–H groups in total. The smallest absolute Gasteiger partial charge is 0.310 e. The van der Waals surface area contributed by atoms with Gasteiger partial charge in [-0.3, -0.25) is 4.79 Å². The van der Waals surface area contributed by atoms with E-state index in [1.807, 2.05) is 0 Å². The third-order valence-corrected chi connectivity index (χ3v) is 1.13. The van der Waals surface area contributed by atoms with Gasteiger partial charge in [0.1, 0.15) is 0 Å². The molecule has 0 unspecified atom stereocenters. The summed E-state index contributed by atoms with van der Waals surface area (Å²) >= 11 is 0. The van der Waals surface area contributed by atoms with Gasteiger partial charge in [-0.05, 0) is 12.8 Å². The number of aliphatic hydroxyl groups excluding tert-OH is 2. The minimum absolute atomic E-state index is 0.135. The summed E-state index contributed by atoms with van der Waals surface area (Å²) in [6, 6.07) is 0. The van der Waals surface area contributed by atoms with Crippen molar-refractivity contribution in [3.63, 3.8) is 0 Å². The highest BCUT2D eigenvalue weighted by atomic mass is 16.4. The first-order valence-electron chi connectivity index (χ1n) is 3.02. The van der Waals surface area contributed by atoms with Crippen molar-refractivity contribution in [1.29, 1.82) is 0 Å². The van der Waals surface area contributed by atoms with E-state index in [9.17, 15) is 4.79 Å². The summed E-state index contributed by atoms with van der Waals surface area (Å²) in [4.78, 5) is 10.2. The third kappa shape index (κ3) is 3.42. The maximum absolute atomic E-state index is 10.2. The van der Waals surface area contributed by atoms with Gasteiger partial charge < -0.3 is 15.3 Å². The molecule has 0 bridgehead atoms. The maximum Gasteiger partial charge on any atom is 0.310 e. The summed E-state index contributed by atoms with van der Waals surface area (Å²) < 4.78 is 0. The van der Waals surface area contributed by atoms with Crippen LogP contribution in [0.2, 0.25) is 0 Å². The predicted octanol–water partition coefficient (Wildman–Crippen LogP) is -0.590. The first kappa shape index (κ1) is 9.39. The van der Waals surface area contributed by atoms with Gasteiger partial charge in [0.2, 0.25) is 0 Å². The summed E-state index contributed by atoms with van der Waals surface area (Å²) in [6.07, 6.45) is 0.270. The Hall–Kier alpha value is -0.610. The fourth-order valence-corrected chi connectivity index (χ4v) is 0.609. The van der Waals surface area contributed by atoms with Crippen molar-refractivity contribution in [2.75, 3.05) is 13.2 Å². The second-order valence-electron chi connectivity index (χ2n) is 1.86. The van der Waals surface area contributed by atoms with Gasteiger partial charge in [-0.2, -0.15) is 0 Å². The van der Waals surface area contributed by atoms with E-state index in [0.29, 0.717) is 0 Å². The first-order valence-corrected chi connectivity index (χ1v) is 3.02. The second-order valence-corrected chi connectivity index (χ2v) is 1.86. The van der Waals surface area contributed by atoms with Gasteiger partial charge in [0.25, 0.3) is 0 Å². The zero-order valence-corrected chi connectivity index (χ0v) is 5.58. The molecule has 0 spiro atoms. The van der Waals surface area contributed by atoms with E-state index in [1.54, 1.807) is 0 Å². The van der Waals surface area contributed by atoms with Crippen molar-refractivity contribution in [3.8, 4) is 0 Å². The molecule has 4 nitrogen and oxygen atoms in total. The van der Waals surface area contributed by atoms with Crippen LogP contribution < -0.4 is 0 Å². The van der Waals surface area contributed by atoms with E-state index in [0.717, 1.165) is 0 Å². The molecule has 59 valence electrons. The van der Waals surface area contributed by atoms with Gasteiger partial charge >= 0.3 is 5.97 Å². The summed E-state index contributed by atoms with van der Waals surface area (Å²) in [5.41, 5.74) is 0. The molecule has 0 aromatic heterocycles. The zero-order chi connectivity index (χ0) is 7.98. The first-order chi connectivity index (χ1) is 4.72. The number of hydrogen-bond donors (Lipinski definition) is 3. The molecule has 0 atom stereocenters. The molecular weight excluding hydrogens is 136 g/mol. The lowest BCUT2D eigenvalue weighted by Crippen LogP contribution is -2.14. The minimum Gasteiger partial charge on any atom is -0.481 e. The van der Waals surface area contributed by atoms with Crippen LogP contribution in [-0.2, 0) is 4.79 Å². The Bertz CT molecular complexity index is 95.9. The molecule has 0 aliphatic carbocycles.